The van der Waals surface area contributed by atoms with Gasteiger partial charge in [0.2, 0.25) is 0 Å². The van der Waals surface area contributed by atoms with Gasteiger partial charge >= 0.3 is 12.3 Å². The Morgan fingerprint density at radius 3 is 1.95 bits per heavy atom. The number of amides is 1. The van der Waals surface area contributed by atoms with E-state index in [-0.39, 0.29) is 35.2 Å². The number of ether oxygens (including phenoxy) is 1. The molecule has 4 aromatic rings. The van der Waals surface area contributed by atoms with Gasteiger partial charge in [0.15, 0.2) is 11.6 Å². The summed E-state index contributed by atoms with van der Waals surface area (Å²) in [7, 11) is 0. The molecule has 0 bridgehead atoms. The molecule has 218 valence electrons. The van der Waals surface area contributed by atoms with Gasteiger partial charge in [0.05, 0.1) is 6.42 Å². The lowest BCUT2D eigenvalue weighted by Crippen LogP contribution is -2.26. The number of carboxylic acid groups (broad SMARTS) is 1. The van der Waals surface area contributed by atoms with Crippen molar-refractivity contribution in [3.63, 3.8) is 0 Å². The lowest BCUT2D eigenvalue weighted by atomic mass is 9.92. The number of ketones is 2. The monoisotopic (exact) mass is 587 g/mol. The van der Waals surface area contributed by atoms with Crippen LogP contribution in [0.3, 0.4) is 0 Å². The van der Waals surface area contributed by atoms with Crippen LogP contribution in [0.5, 0.6) is 5.75 Å². The highest BCUT2D eigenvalue weighted by molar-refractivity contribution is 6.32. The summed E-state index contributed by atoms with van der Waals surface area (Å²) in [6.45, 7) is -0.0714. The second kappa shape index (κ2) is 13.4. The van der Waals surface area contributed by atoms with E-state index >= 15 is 0 Å². The molecule has 0 aromatic heterocycles. The summed E-state index contributed by atoms with van der Waals surface area (Å²) in [6, 6.07) is 26.4. The fourth-order valence-corrected chi connectivity index (χ4v) is 4.13. The van der Waals surface area contributed by atoms with Crippen molar-refractivity contribution in [3.05, 3.63) is 131 Å². The zero-order valence-electron chi connectivity index (χ0n) is 22.4. The van der Waals surface area contributed by atoms with Gasteiger partial charge in [0.1, 0.15) is 5.75 Å². The van der Waals surface area contributed by atoms with E-state index in [1.165, 1.54) is 36.4 Å². The van der Waals surface area contributed by atoms with Crippen LogP contribution in [0.25, 0.3) is 16.7 Å². The molecule has 0 saturated carbocycles. The number of carboxylic acids is 1. The number of carbonyl (C=O) groups is 4. The molecule has 0 unspecified atom stereocenters. The normalized spacial score (nSPS) is 11.5. The predicted octanol–water partition coefficient (Wildman–Crippen LogP) is 6.61. The van der Waals surface area contributed by atoms with Crippen LogP contribution in [0.2, 0.25) is 0 Å². The van der Waals surface area contributed by atoms with E-state index in [9.17, 15) is 32.3 Å². The second-order valence-electron chi connectivity index (χ2n) is 9.25. The molecule has 2 N–H and O–H groups in total. The number of aliphatic carboxylic acids is 1. The highest BCUT2D eigenvalue weighted by Gasteiger charge is 2.31. The number of nitrogens with one attached hydrogen (secondary N) is 1. The number of alkyl halides is 3. The van der Waals surface area contributed by atoms with Crippen molar-refractivity contribution in [2.75, 3.05) is 6.54 Å². The second-order valence-corrected chi connectivity index (χ2v) is 9.25. The minimum absolute atomic E-state index is 0.0228. The molecule has 0 saturated heterocycles. The first-order valence-electron chi connectivity index (χ1n) is 12.9. The number of rotatable bonds is 11. The SMILES string of the molecule is O=C(O)CCNC(=O)c1ccc(C(=O)C(=CC(=O)c2cccc(OC(F)(F)F)c2)c2ccc(-c3ccccc3)cc2)cc1. The van der Waals surface area contributed by atoms with Gasteiger partial charge in [0.25, 0.3) is 5.91 Å². The van der Waals surface area contributed by atoms with Crippen molar-refractivity contribution in [1.82, 2.24) is 5.32 Å². The third-order valence-corrected chi connectivity index (χ3v) is 6.21. The average Bonchev–Trinajstić information content (AvgIpc) is 2.99. The fraction of sp³-hybridized carbons (Fsp3) is 0.0909. The van der Waals surface area contributed by atoms with Gasteiger partial charge in [-0.25, -0.2) is 0 Å². The molecule has 0 aliphatic rings. The molecule has 4 rings (SSSR count). The lowest BCUT2D eigenvalue weighted by molar-refractivity contribution is -0.274. The molecule has 7 nitrogen and oxygen atoms in total. The maximum Gasteiger partial charge on any atom is 0.573 e. The molecule has 0 atom stereocenters. The number of hydrogen-bond acceptors (Lipinski definition) is 5. The Morgan fingerprint density at radius 2 is 1.33 bits per heavy atom. The molecule has 0 aliphatic heterocycles. The molecular weight excluding hydrogens is 563 g/mol. The number of halogens is 3. The van der Waals surface area contributed by atoms with Crippen LogP contribution in [0, 0.1) is 0 Å². The third kappa shape index (κ3) is 8.49. The molecule has 0 aliphatic carbocycles. The Bertz CT molecular complexity index is 1660. The first-order valence-corrected chi connectivity index (χ1v) is 12.9. The number of Topliss-reactive ketones (excluding diaryl/α,β-unsaturated/α-hetero) is 1. The van der Waals surface area contributed by atoms with Gasteiger partial charge < -0.3 is 15.2 Å². The topological polar surface area (TPSA) is 110 Å². The summed E-state index contributed by atoms with van der Waals surface area (Å²) in [5.41, 5.74) is 2.36. The van der Waals surface area contributed by atoms with Crippen molar-refractivity contribution in [2.45, 2.75) is 12.8 Å². The zero-order chi connectivity index (χ0) is 31.0. The van der Waals surface area contributed by atoms with Gasteiger partial charge in [-0.15, -0.1) is 13.2 Å². The Labute approximate surface area is 244 Å². The van der Waals surface area contributed by atoms with Crippen LogP contribution in [0.15, 0.2) is 109 Å². The molecule has 0 spiro atoms. The quantitative estimate of drug-likeness (QED) is 0.151. The van der Waals surface area contributed by atoms with Crippen LogP contribution in [0.1, 0.15) is 43.1 Å². The summed E-state index contributed by atoms with van der Waals surface area (Å²) in [4.78, 5) is 49.9. The summed E-state index contributed by atoms with van der Waals surface area (Å²) in [5.74, 6) is -3.46. The van der Waals surface area contributed by atoms with Crippen molar-refractivity contribution < 1.29 is 42.2 Å². The van der Waals surface area contributed by atoms with E-state index in [2.05, 4.69) is 10.1 Å². The van der Waals surface area contributed by atoms with Crippen molar-refractivity contribution in [1.29, 1.82) is 0 Å². The molecule has 1 amide bonds. The summed E-state index contributed by atoms with van der Waals surface area (Å²) >= 11 is 0. The van der Waals surface area contributed by atoms with Crippen LogP contribution in [0.4, 0.5) is 13.2 Å². The van der Waals surface area contributed by atoms with E-state index in [1.807, 2.05) is 30.3 Å². The van der Waals surface area contributed by atoms with E-state index in [0.717, 1.165) is 29.3 Å². The molecule has 0 heterocycles. The van der Waals surface area contributed by atoms with E-state index in [0.29, 0.717) is 5.56 Å². The van der Waals surface area contributed by atoms with E-state index in [4.69, 9.17) is 5.11 Å². The molecular formula is C33H24F3NO6. The largest absolute Gasteiger partial charge is 0.573 e. The summed E-state index contributed by atoms with van der Waals surface area (Å²) in [6.07, 6.45) is -4.14. The van der Waals surface area contributed by atoms with Gasteiger partial charge in [0, 0.05) is 28.8 Å². The van der Waals surface area contributed by atoms with Crippen LogP contribution >= 0.6 is 0 Å². The molecule has 43 heavy (non-hydrogen) atoms. The first-order chi connectivity index (χ1) is 20.5. The Morgan fingerprint density at radius 1 is 0.721 bits per heavy atom. The molecule has 0 radical (unpaired) electrons. The summed E-state index contributed by atoms with van der Waals surface area (Å²) < 4.78 is 42.1. The standard InChI is InChI=1S/C33H24F3NO6/c34-33(35,36)43-27-8-4-7-26(19-27)29(38)20-28(23-11-9-22(10-12-23)21-5-2-1-3-6-21)31(41)24-13-15-25(16-14-24)32(42)37-18-17-30(39)40/h1-16,19-20H,17-18H2,(H,37,42)(H,39,40). The first kappa shape index (κ1) is 30.4. The molecule has 0 fully saturated rings. The molecule has 4 aromatic carbocycles. The number of allylic oxidation sites excluding steroid dienone is 2. The van der Waals surface area contributed by atoms with Crippen molar-refractivity contribution >= 4 is 29.0 Å². The van der Waals surface area contributed by atoms with Crippen LogP contribution < -0.4 is 10.1 Å². The fourth-order valence-electron chi connectivity index (χ4n) is 4.13. The van der Waals surface area contributed by atoms with Crippen molar-refractivity contribution in [3.8, 4) is 16.9 Å². The maximum atomic E-state index is 13.7. The predicted molar refractivity (Wildman–Crippen MR) is 153 cm³/mol. The van der Waals surface area contributed by atoms with Gasteiger partial charge in [-0.1, -0.05) is 78.9 Å². The van der Waals surface area contributed by atoms with Crippen molar-refractivity contribution in [2.24, 2.45) is 0 Å². The smallest absolute Gasteiger partial charge is 0.481 e. The van der Waals surface area contributed by atoms with Gasteiger partial charge in [-0.05, 0) is 47.0 Å². The Hall–Kier alpha value is -5.51. The van der Waals surface area contributed by atoms with E-state index in [1.54, 1.807) is 24.3 Å². The third-order valence-electron chi connectivity index (χ3n) is 6.21. The zero-order valence-corrected chi connectivity index (χ0v) is 22.4. The van der Waals surface area contributed by atoms with Gasteiger partial charge in [-0.3, -0.25) is 19.2 Å². The number of carbonyl (C=O) groups excluding carboxylic acids is 3. The summed E-state index contributed by atoms with van der Waals surface area (Å²) in [5, 5.41) is 11.2. The number of benzene rings is 4. The average molecular weight is 588 g/mol. The van der Waals surface area contributed by atoms with Gasteiger partial charge in [-0.2, -0.15) is 0 Å². The lowest BCUT2D eigenvalue weighted by Gasteiger charge is -2.11. The Balaban J connectivity index is 1.66. The molecule has 10 heteroatoms. The Kier molecular flexibility index (Phi) is 9.51. The highest BCUT2D eigenvalue weighted by atomic mass is 19.4. The minimum Gasteiger partial charge on any atom is -0.481 e. The minimum atomic E-state index is -4.95. The highest BCUT2D eigenvalue weighted by Crippen LogP contribution is 2.27. The van der Waals surface area contributed by atoms with Crippen LogP contribution in [-0.2, 0) is 4.79 Å². The maximum absolute atomic E-state index is 13.7. The van der Waals surface area contributed by atoms with E-state index < -0.39 is 35.6 Å². The number of hydrogen-bond donors (Lipinski definition) is 2. The van der Waals surface area contributed by atoms with Crippen LogP contribution in [-0.4, -0.2) is 41.5 Å².